The van der Waals surface area contributed by atoms with E-state index in [9.17, 15) is 0 Å². The van der Waals surface area contributed by atoms with Crippen LogP contribution in [0.4, 0.5) is 0 Å². The highest BCUT2D eigenvalue weighted by atomic mass is 31.0. The van der Waals surface area contributed by atoms with Crippen molar-refractivity contribution in [1.29, 1.82) is 0 Å². The Morgan fingerprint density at radius 3 is 2.44 bits per heavy atom. The van der Waals surface area contributed by atoms with Gasteiger partial charge < -0.3 is 4.90 Å². The predicted molar refractivity (Wildman–Crippen MR) is 74.3 cm³/mol. The third-order valence-electron chi connectivity index (χ3n) is 3.57. The van der Waals surface area contributed by atoms with Crippen LogP contribution in [0.15, 0.2) is 24.3 Å². The van der Waals surface area contributed by atoms with E-state index >= 15 is 0 Å². The average Bonchev–Trinajstić information content (AvgIpc) is 2.30. The Morgan fingerprint density at radius 1 is 1.19 bits per heavy atom. The van der Waals surface area contributed by atoms with Crippen LogP contribution in [0.25, 0.3) is 0 Å². The molecule has 2 rings (SSSR count). The first-order valence-electron chi connectivity index (χ1n) is 6.31. The van der Waals surface area contributed by atoms with Gasteiger partial charge in [-0.3, -0.25) is 0 Å². The molecule has 1 heterocycles. The van der Waals surface area contributed by atoms with Crippen molar-refractivity contribution in [2.24, 2.45) is 5.92 Å². The van der Waals surface area contributed by atoms with E-state index in [0.29, 0.717) is 0 Å². The Labute approximate surface area is 101 Å². The summed E-state index contributed by atoms with van der Waals surface area (Å²) >= 11 is 0. The van der Waals surface area contributed by atoms with Crippen LogP contribution in [0.1, 0.15) is 25.3 Å². The molecule has 1 aliphatic rings. The molecule has 88 valence electrons. The number of rotatable bonds is 3. The highest BCUT2D eigenvalue weighted by Gasteiger charge is 2.14. The molecule has 1 nitrogen and oxygen atoms in total. The molecular weight excluding hydrogens is 213 g/mol. The summed E-state index contributed by atoms with van der Waals surface area (Å²) in [4.78, 5) is 2.61. The highest BCUT2D eigenvalue weighted by Crippen LogP contribution is 2.16. The van der Waals surface area contributed by atoms with E-state index in [2.05, 4.69) is 45.3 Å². The van der Waals surface area contributed by atoms with Crippen LogP contribution in [-0.2, 0) is 6.42 Å². The van der Waals surface area contributed by atoms with Gasteiger partial charge in [0.1, 0.15) is 0 Å². The molecule has 1 aromatic rings. The maximum absolute atomic E-state index is 2.74. The molecule has 1 saturated heterocycles. The summed E-state index contributed by atoms with van der Waals surface area (Å²) in [5, 5.41) is 1.27. The summed E-state index contributed by atoms with van der Waals surface area (Å²) in [6.07, 6.45) is 3.95. The summed E-state index contributed by atoms with van der Waals surface area (Å²) in [7, 11) is 2.74. The number of hydrogen-bond acceptors (Lipinski definition) is 1. The molecule has 1 atom stereocenters. The topological polar surface area (TPSA) is 3.24 Å². The van der Waals surface area contributed by atoms with E-state index in [0.717, 1.165) is 5.92 Å². The Hall–Kier alpha value is -0.390. The molecule has 0 aliphatic carbocycles. The SMILES string of the molecule is CC1CCN(CCc2ccc(P)cc2)CC1. The fourth-order valence-corrected chi connectivity index (χ4v) is 2.45. The summed E-state index contributed by atoms with van der Waals surface area (Å²) in [6, 6.07) is 8.85. The van der Waals surface area contributed by atoms with Gasteiger partial charge in [-0.2, -0.15) is 0 Å². The summed E-state index contributed by atoms with van der Waals surface area (Å²) in [5.74, 6) is 0.938. The summed E-state index contributed by atoms with van der Waals surface area (Å²) in [5.41, 5.74) is 1.46. The molecule has 0 N–H and O–H groups in total. The van der Waals surface area contributed by atoms with E-state index in [-0.39, 0.29) is 0 Å². The van der Waals surface area contributed by atoms with E-state index in [1.165, 1.54) is 49.8 Å². The van der Waals surface area contributed by atoms with Gasteiger partial charge in [0, 0.05) is 6.54 Å². The van der Waals surface area contributed by atoms with Gasteiger partial charge in [0.05, 0.1) is 0 Å². The number of benzene rings is 1. The summed E-state index contributed by atoms with van der Waals surface area (Å²) in [6.45, 7) is 6.18. The number of hydrogen-bond donors (Lipinski definition) is 0. The van der Waals surface area contributed by atoms with Gasteiger partial charge in [-0.05, 0) is 49.1 Å². The minimum atomic E-state index is 0.938. The lowest BCUT2D eigenvalue weighted by Crippen LogP contribution is -2.34. The van der Waals surface area contributed by atoms with Gasteiger partial charge >= 0.3 is 0 Å². The lowest BCUT2D eigenvalue weighted by Gasteiger charge is -2.30. The molecule has 0 aromatic heterocycles. The van der Waals surface area contributed by atoms with Crippen LogP contribution >= 0.6 is 9.24 Å². The van der Waals surface area contributed by atoms with Crippen molar-refractivity contribution >= 4 is 14.5 Å². The van der Waals surface area contributed by atoms with Crippen LogP contribution in [0.2, 0.25) is 0 Å². The Bertz CT molecular complexity index is 312. The monoisotopic (exact) mass is 235 g/mol. The van der Waals surface area contributed by atoms with Crippen molar-refractivity contribution in [3.05, 3.63) is 29.8 Å². The van der Waals surface area contributed by atoms with Crippen molar-refractivity contribution in [2.75, 3.05) is 19.6 Å². The highest BCUT2D eigenvalue weighted by molar-refractivity contribution is 7.27. The van der Waals surface area contributed by atoms with E-state index in [1.807, 2.05) is 0 Å². The third kappa shape index (κ3) is 3.57. The second-order valence-electron chi connectivity index (χ2n) is 5.02. The van der Waals surface area contributed by atoms with E-state index in [1.54, 1.807) is 0 Å². The fraction of sp³-hybridized carbons (Fsp3) is 0.571. The van der Waals surface area contributed by atoms with Crippen LogP contribution in [0.5, 0.6) is 0 Å². The Balaban J connectivity index is 1.77. The molecule has 0 bridgehead atoms. The minimum absolute atomic E-state index is 0.938. The molecular formula is C14H22NP. The standard InChI is InChI=1S/C14H22NP/c1-12-6-9-15(10-7-12)11-8-13-2-4-14(16)5-3-13/h2-5,12H,6-11,16H2,1H3. The van der Waals surface area contributed by atoms with E-state index < -0.39 is 0 Å². The normalized spacial score (nSPS) is 18.9. The van der Waals surface area contributed by atoms with Crippen molar-refractivity contribution < 1.29 is 0 Å². The van der Waals surface area contributed by atoms with Crippen molar-refractivity contribution in [3.8, 4) is 0 Å². The van der Waals surface area contributed by atoms with Crippen molar-refractivity contribution in [3.63, 3.8) is 0 Å². The molecule has 1 aromatic carbocycles. The molecule has 0 spiro atoms. The van der Waals surface area contributed by atoms with Gasteiger partial charge in [-0.25, -0.2) is 0 Å². The molecule has 2 heteroatoms. The van der Waals surface area contributed by atoms with Crippen molar-refractivity contribution in [2.45, 2.75) is 26.2 Å². The number of piperidine rings is 1. The second-order valence-corrected chi connectivity index (χ2v) is 5.68. The van der Waals surface area contributed by atoms with Crippen LogP contribution in [0.3, 0.4) is 0 Å². The van der Waals surface area contributed by atoms with Crippen molar-refractivity contribution in [1.82, 2.24) is 4.90 Å². The summed E-state index contributed by atoms with van der Waals surface area (Å²) < 4.78 is 0. The first-order chi connectivity index (χ1) is 7.74. The zero-order valence-electron chi connectivity index (χ0n) is 10.2. The first kappa shape index (κ1) is 12.1. The fourth-order valence-electron chi connectivity index (χ4n) is 2.26. The lowest BCUT2D eigenvalue weighted by molar-refractivity contribution is 0.194. The molecule has 1 unspecified atom stereocenters. The average molecular weight is 235 g/mol. The van der Waals surface area contributed by atoms with Gasteiger partial charge in [0.2, 0.25) is 0 Å². The molecule has 1 aliphatic heterocycles. The maximum atomic E-state index is 2.74. The number of likely N-dealkylation sites (tertiary alicyclic amines) is 1. The molecule has 16 heavy (non-hydrogen) atoms. The second kappa shape index (κ2) is 5.80. The van der Waals surface area contributed by atoms with E-state index in [4.69, 9.17) is 0 Å². The van der Waals surface area contributed by atoms with Gasteiger partial charge in [-0.15, -0.1) is 9.24 Å². The minimum Gasteiger partial charge on any atom is -0.303 e. The largest absolute Gasteiger partial charge is 0.303 e. The molecule has 0 saturated carbocycles. The predicted octanol–water partition coefficient (Wildman–Crippen LogP) is 2.46. The maximum Gasteiger partial charge on any atom is 0.00218 e. The zero-order chi connectivity index (χ0) is 11.4. The lowest BCUT2D eigenvalue weighted by atomic mass is 9.99. The first-order valence-corrected chi connectivity index (χ1v) is 6.88. The Morgan fingerprint density at radius 2 is 1.81 bits per heavy atom. The van der Waals surface area contributed by atoms with Gasteiger partial charge in [0.15, 0.2) is 0 Å². The molecule has 1 fully saturated rings. The number of nitrogens with zero attached hydrogens (tertiary/aromatic N) is 1. The Kier molecular flexibility index (Phi) is 4.37. The van der Waals surface area contributed by atoms with Crippen LogP contribution in [-0.4, -0.2) is 24.5 Å². The van der Waals surface area contributed by atoms with Gasteiger partial charge in [0.25, 0.3) is 0 Å². The third-order valence-corrected chi connectivity index (χ3v) is 3.96. The smallest absolute Gasteiger partial charge is 0.00218 e. The van der Waals surface area contributed by atoms with Crippen LogP contribution in [0, 0.1) is 5.92 Å². The molecule has 0 amide bonds. The zero-order valence-corrected chi connectivity index (χ0v) is 11.3. The quantitative estimate of drug-likeness (QED) is 0.727. The molecule has 0 radical (unpaired) electrons. The van der Waals surface area contributed by atoms with Crippen LogP contribution < -0.4 is 5.30 Å². The van der Waals surface area contributed by atoms with Gasteiger partial charge in [-0.1, -0.05) is 31.2 Å².